The number of benzene rings is 3. The number of aryl methyl sites for hydroxylation is 1. The molecule has 2 N–H and O–H groups in total. The van der Waals surface area contributed by atoms with Crippen LogP contribution in [0.2, 0.25) is 10.0 Å². The molecule has 176 valence electrons. The van der Waals surface area contributed by atoms with E-state index in [4.69, 9.17) is 32.7 Å². The van der Waals surface area contributed by atoms with Gasteiger partial charge >= 0.3 is 0 Å². The fraction of sp³-hybridized carbons (Fsp3) is 0.192. The highest BCUT2D eigenvalue weighted by molar-refractivity contribution is 8.05. The maximum atomic E-state index is 12.5. The average Bonchev–Trinajstić information content (AvgIpc) is 3.17. The first kappa shape index (κ1) is 24.3. The zero-order valence-electron chi connectivity index (χ0n) is 18.7. The molecule has 34 heavy (non-hydrogen) atoms. The summed E-state index contributed by atoms with van der Waals surface area (Å²) in [6, 6.07) is 19.1. The lowest BCUT2D eigenvalue weighted by Crippen LogP contribution is -2.30. The number of anilines is 1. The summed E-state index contributed by atoms with van der Waals surface area (Å²) in [4.78, 5) is 13.1. The van der Waals surface area contributed by atoms with Crippen molar-refractivity contribution in [3.05, 3.63) is 92.3 Å². The van der Waals surface area contributed by atoms with Gasteiger partial charge in [-0.1, -0.05) is 66.2 Å². The predicted molar refractivity (Wildman–Crippen MR) is 141 cm³/mol. The minimum absolute atomic E-state index is 0.147. The monoisotopic (exact) mass is 514 g/mol. The number of methoxy groups -OCH3 is 1. The molecule has 0 bridgehead atoms. The van der Waals surface area contributed by atoms with Gasteiger partial charge in [0.05, 0.1) is 17.0 Å². The maximum Gasteiger partial charge on any atom is 0.260 e. The van der Waals surface area contributed by atoms with Gasteiger partial charge in [0.15, 0.2) is 17.0 Å². The molecule has 1 aliphatic heterocycles. The van der Waals surface area contributed by atoms with Crippen molar-refractivity contribution in [2.75, 3.05) is 12.4 Å². The number of halogens is 2. The van der Waals surface area contributed by atoms with Gasteiger partial charge in [-0.2, -0.15) is 0 Å². The topological polar surface area (TPSA) is 59.6 Å². The molecule has 1 atom stereocenters. The molecule has 0 aromatic heterocycles. The first-order chi connectivity index (χ1) is 16.4. The van der Waals surface area contributed by atoms with Gasteiger partial charge in [-0.05, 0) is 65.6 Å². The second kappa shape index (κ2) is 11.1. The molecule has 3 aromatic carbocycles. The second-order valence-electron chi connectivity index (χ2n) is 7.62. The highest BCUT2D eigenvalue weighted by Gasteiger charge is 2.27. The second-order valence-corrected chi connectivity index (χ2v) is 9.61. The van der Waals surface area contributed by atoms with Crippen LogP contribution in [0.1, 0.15) is 23.6 Å². The van der Waals surface area contributed by atoms with Gasteiger partial charge in [0.1, 0.15) is 6.61 Å². The molecule has 0 radical (unpaired) electrons. The molecule has 0 spiro atoms. The summed E-state index contributed by atoms with van der Waals surface area (Å²) in [7, 11) is 1.55. The van der Waals surface area contributed by atoms with Crippen LogP contribution in [0.25, 0.3) is 6.08 Å². The van der Waals surface area contributed by atoms with Crippen LogP contribution in [0.5, 0.6) is 11.5 Å². The van der Waals surface area contributed by atoms with Crippen molar-refractivity contribution >= 4 is 52.6 Å². The lowest BCUT2D eigenvalue weighted by atomic mass is 10.1. The zero-order chi connectivity index (χ0) is 24.1. The normalized spacial score (nSPS) is 16.4. The molecule has 0 aliphatic carbocycles. The van der Waals surface area contributed by atoms with Gasteiger partial charge in [0, 0.05) is 10.7 Å². The summed E-state index contributed by atoms with van der Waals surface area (Å²) >= 11 is 13.9. The minimum atomic E-state index is -0.259. The maximum absolute atomic E-state index is 12.5. The third kappa shape index (κ3) is 6.00. The number of amides is 1. The molecule has 1 amide bonds. The summed E-state index contributed by atoms with van der Waals surface area (Å²) < 4.78 is 11.4. The summed E-state index contributed by atoms with van der Waals surface area (Å²) in [5.74, 6) is 0.785. The number of thioether (sulfide) groups is 1. The summed E-state index contributed by atoms with van der Waals surface area (Å²) in [5.41, 5.74) is 3.65. The smallest absolute Gasteiger partial charge is 0.260 e. The van der Waals surface area contributed by atoms with E-state index in [-0.39, 0.29) is 11.4 Å². The van der Waals surface area contributed by atoms with Crippen molar-refractivity contribution in [3.8, 4) is 11.5 Å². The van der Waals surface area contributed by atoms with Gasteiger partial charge < -0.3 is 20.1 Å². The number of hydrogen-bond acceptors (Lipinski definition) is 5. The number of nitrogens with one attached hydrogen (secondary N) is 2. The first-order valence-electron chi connectivity index (χ1n) is 10.7. The lowest BCUT2D eigenvalue weighted by molar-refractivity contribution is -0.116. The van der Waals surface area contributed by atoms with E-state index in [1.807, 2.05) is 24.3 Å². The van der Waals surface area contributed by atoms with Crippen LogP contribution in [0.4, 0.5) is 5.69 Å². The van der Waals surface area contributed by atoms with Crippen LogP contribution < -0.4 is 20.1 Å². The van der Waals surface area contributed by atoms with E-state index in [0.717, 1.165) is 23.2 Å². The van der Waals surface area contributed by atoms with Crippen LogP contribution in [0.15, 0.2) is 65.6 Å². The van der Waals surface area contributed by atoms with Crippen molar-refractivity contribution in [2.45, 2.75) is 25.4 Å². The molecule has 3 aromatic rings. The Bertz CT molecular complexity index is 1200. The largest absolute Gasteiger partial charge is 0.493 e. The Hall–Kier alpha value is -2.80. The van der Waals surface area contributed by atoms with Crippen molar-refractivity contribution < 1.29 is 14.3 Å². The van der Waals surface area contributed by atoms with Gasteiger partial charge in [-0.25, -0.2) is 0 Å². The number of carbonyl (C=O) groups is 1. The fourth-order valence-corrected chi connectivity index (χ4v) is 4.79. The van der Waals surface area contributed by atoms with E-state index in [2.05, 4.69) is 29.7 Å². The van der Waals surface area contributed by atoms with Crippen LogP contribution in [0.3, 0.4) is 0 Å². The highest BCUT2D eigenvalue weighted by Crippen LogP contribution is 2.39. The molecule has 1 fully saturated rings. The van der Waals surface area contributed by atoms with E-state index >= 15 is 0 Å². The van der Waals surface area contributed by atoms with Gasteiger partial charge in [-0.15, -0.1) is 0 Å². The molecule has 0 saturated carbocycles. The summed E-state index contributed by atoms with van der Waals surface area (Å²) in [6.07, 6.45) is 2.78. The molecule has 1 aliphatic rings. The zero-order valence-corrected chi connectivity index (χ0v) is 21.1. The number of hydrogen-bond donors (Lipinski definition) is 2. The molecular formula is C26H24Cl2N2O3S. The quantitative estimate of drug-likeness (QED) is 0.326. The molecule has 1 saturated heterocycles. The van der Waals surface area contributed by atoms with Crippen LogP contribution in [0, 0.1) is 0 Å². The number of carbonyl (C=O) groups excluding carboxylic acids is 1. The van der Waals surface area contributed by atoms with Crippen molar-refractivity contribution in [1.29, 1.82) is 0 Å². The minimum Gasteiger partial charge on any atom is -0.493 e. The Labute approximate surface area is 213 Å². The highest BCUT2D eigenvalue weighted by atomic mass is 35.5. The van der Waals surface area contributed by atoms with Gasteiger partial charge in [0.2, 0.25) is 0 Å². The Balaban J connectivity index is 1.46. The Morgan fingerprint density at radius 1 is 1.06 bits per heavy atom. The molecular weight excluding hydrogens is 491 g/mol. The van der Waals surface area contributed by atoms with Crippen LogP contribution in [-0.2, 0) is 17.8 Å². The van der Waals surface area contributed by atoms with E-state index in [1.165, 1.54) is 17.3 Å². The third-order valence-electron chi connectivity index (χ3n) is 5.24. The SMILES string of the molecule is CCc1ccc(N[C@@H]2NC(=O)/C(=C/c3cc(Cl)c(OCc4ccc(Cl)cc4)c(OC)c3)S2)cc1. The number of rotatable bonds is 8. The lowest BCUT2D eigenvalue weighted by Gasteiger charge is -2.14. The Morgan fingerprint density at radius 2 is 1.76 bits per heavy atom. The van der Waals surface area contributed by atoms with Gasteiger partial charge in [0.25, 0.3) is 5.91 Å². The molecule has 0 unspecified atom stereocenters. The predicted octanol–water partition coefficient (Wildman–Crippen LogP) is 6.74. The molecule has 5 nitrogen and oxygen atoms in total. The van der Waals surface area contributed by atoms with Crippen LogP contribution in [-0.4, -0.2) is 18.5 Å². The number of ether oxygens (including phenoxy) is 2. The van der Waals surface area contributed by atoms with E-state index in [9.17, 15) is 4.79 Å². The fourth-order valence-electron chi connectivity index (χ4n) is 3.40. The first-order valence-corrected chi connectivity index (χ1v) is 12.4. The molecule has 4 rings (SSSR count). The van der Waals surface area contributed by atoms with Crippen molar-refractivity contribution in [3.63, 3.8) is 0 Å². The molecule has 8 heteroatoms. The van der Waals surface area contributed by atoms with Gasteiger partial charge in [-0.3, -0.25) is 4.79 Å². The standard InChI is InChI=1S/C26H24Cl2N2O3S/c1-3-16-6-10-20(11-7-16)29-26-30-25(31)23(34-26)14-18-12-21(28)24(22(13-18)32-2)33-15-17-4-8-19(27)9-5-17/h4-14,26,29H,3,15H2,1-2H3,(H,30,31)/b23-14-/t26-/m1/s1. The van der Waals surface area contributed by atoms with Crippen LogP contribution >= 0.6 is 35.0 Å². The average molecular weight is 515 g/mol. The van der Waals surface area contributed by atoms with E-state index in [0.29, 0.717) is 33.1 Å². The molecule has 1 heterocycles. The summed E-state index contributed by atoms with van der Waals surface area (Å²) in [6.45, 7) is 2.44. The van der Waals surface area contributed by atoms with Crippen molar-refractivity contribution in [1.82, 2.24) is 5.32 Å². The summed E-state index contributed by atoms with van der Waals surface area (Å²) in [5, 5.41) is 7.33. The Morgan fingerprint density at radius 3 is 2.44 bits per heavy atom. The van der Waals surface area contributed by atoms with E-state index in [1.54, 1.807) is 37.5 Å². The Kier molecular flexibility index (Phi) is 7.93. The third-order valence-corrected chi connectivity index (χ3v) is 6.80. The van der Waals surface area contributed by atoms with E-state index < -0.39 is 0 Å². The van der Waals surface area contributed by atoms with Crippen molar-refractivity contribution in [2.24, 2.45) is 0 Å².